The Morgan fingerprint density at radius 1 is 0.741 bits per heavy atom. The van der Waals surface area contributed by atoms with Crippen LogP contribution in [0.25, 0.3) is 0 Å². The molecule has 0 N–H and O–H groups in total. The first-order valence-electron chi connectivity index (χ1n) is 9.35. The zero-order chi connectivity index (χ0) is 20.3. The van der Waals surface area contributed by atoms with Crippen LogP contribution < -0.4 is 0 Å². The van der Waals surface area contributed by atoms with E-state index >= 15 is 0 Å². The molecule has 0 aliphatic heterocycles. The molecule has 0 radical (unpaired) electrons. The zero-order valence-corrected chi connectivity index (χ0v) is 16.8. The largest absolute Gasteiger partial charge is 0.425 e. The smallest absolute Gasteiger partial charge is 0.311 e. The predicted octanol–water partition coefficient (Wildman–Crippen LogP) is 5.60. The SMILES string of the molecule is CC/C=C/C=C/C=C/C=C/C=C/C=CCCC(=O)OC(C)OC(=O)C(C)C. The Labute approximate surface area is 163 Å². The third-order valence-corrected chi connectivity index (χ3v) is 3.07. The molecule has 0 aliphatic rings. The summed E-state index contributed by atoms with van der Waals surface area (Å²) in [5, 5.41) is 0. The average molecular weight is 373 g/mol. The summed E-state index contributed by atoms with van der Waals surface area (Å²) in [7, 11) is 0. The monoisotopic (exact) mass is 372 g/mol. The van der Waals surface area contributed by atoms with E-state index in [2.05, 4.69) is 13.0 Å². The van der Waals surface area contributed by atoms with Gasteiger partial charge in [-0.15, -0.1) is 0 Å². The standard InChI is InChI=1S/C23H32O4/c1-5-6-7-8-9-10-11-12-13-14-15-16-17-18-19-22(24)26-21(4)27-23(25)20(2)3/h6-17,20-21H,5,18-19H2,1-4H3/b7-6+,9-8+,11-10+,13-12+,15-14+,17-16?. The fourth-order valence-electron chi connectivity index (χ4n) is 1.67. The lowest BCUT2D eigenvalue weighted by molar-refractivity contribution is -0.186. The predicted molar refractivity (Wildman–Crippen MR) is 111 cm³/mol. The number of ether oxygens (including phenoxy) is 2. The highest BCUT2D eigenvalue weighted by Gasteiger charge is 2.15. The lowest BCUT2D eigenvalue weighted by Gasteiger charge is -2.15. The van der Waals surface area contributed by atoms with E-state index in [0.29, 0.717) is 6.42 Å². The highest BCUT2D eigenvalue weighted by Crippen LogP contribution is 2.04. The number of esters is 2. The summed E-state index contributed by atoms with van der Waals surface area (Å²) < 4.78 is 10.00. The second-order valence-corrected chi connectivity index (χ2v) is 5.99. The van der Waals surface area contributed by atoms with Gasteiger partial charge < -0.3 is 9.47 Å². The molecule has 0 heterocycles. The van der Waals surface area contributed by atoms with E-state index in [9.17, 15) is 9.59 Å². The molecule has 0 bridgehead atoms. The van der Waals surface area contributed by atoms with Gasteiger partial charge in [0.2, 0.25) is 6.29 Å². The Balaban J connectivity index is 3.91. The fraction of sp³-hybridized carbons (Fsp3) is 0.391. The second kappa shape index (κ2) is 16.8. The maximum atomic E-state index is 11.6. The number of hydrogen-bond acceptors (Lipinski definition) is 4. The van der Waals surface area contributed by atoms with Gasteiger partial charge in [0.25, 0.3) is 0 Å². The topological polar surface area (TPSA) is 52.6 Å². The van der Waals surface area contributed by atoms with Gasteiger partial charge in [0, 0.05) is 13.3 Å². The number of allylic oxidation sites excluding steroid dienone is 12. The number of hydrogen-bond donors (Lipinski definition) is 0. The first-order valence-corrected chi connectivity index (χ1v) is 9.35. The molecule has 0 fully saturated rings. The third kappa shape index (κ3) is 16.6. The van der Waals surface area contributed by atoms with Gasteiger partial charge in [-0.25, -0.2) is 0 Å². The Bertz CT molecular complexity index is 589. The zero-order valence-electron chi connectivity index (χ0n) is 16.8. The molecule has 148 valence electrons. The highest BCUT2D eigenvalue weighted by molar-refractivity contribution is 5.72. The van der Waals surface area contributed by atoms with E-state index in [0.717, 1.165) is 6.42 Å². The Morgan fingerprint density at radius 3 is 1.70 bits per heavy atom. The maximum absolute atomic E-state index is 11.6. The van der Waals surface area contributed by atoms with E-state index in [1.807, 2.05) is 66.8 Å². The summed E-state index contributed by atoms with van der Waals surface area (Å²) in [4.78, 5) is 23.0. The van der Waals surface area contributed by atoms with Crippen molar-refractivity contribution >= 4 is 11.9 Å². The van der Waals surface area contributed by atoms with Crippen LogP contribution in [-0.2, 0) is 19.1 Å². The molecule has 0 spiro atoms. The van der Waals surface area contributed by atoms with Crippen LogP contribution in [0.1, 0.15) is 47.0 Å². The van der Waals surface area contributed by atoms with Crippen LogP contribution in [0.3, 0.4) is 0 Å². The van der Waals surface area contributed by atoms with Crippen LogP contribution in [0, 0.1) is 5.92 Å². The minimum absolute atomic E-state index is 0.241. The van der Waals surface area contributed by atoms with Crippen LogP contribution in [0.5, 0.6) is 0 Å². The van der Waals surface area contributed by atoms with Crippen molar-refractivity contribution in [2.24, 2.45) is 5.92 Å². The molecule has 0 aromatic heterocycles. The number of rotatable bonds is 12. The van der Waals surface area contributed by atoms with E-state index in [4.69, 9.17) is 9.47 Å². The van der Waals surface area contributed by atoms with Crippen molar-refractivity contribution < 1.29 is 19.1 Å². The average Bonchev–Trinajstić information content (AvgIpc) is 2.61. The molecule has 0 amide bonds. The normalized spacial score (nSPS) is 14.0. The van der Waals surface area contributed by atoms with Crippen molar-refractivity contribution in [3.05, 3.63) is 72.9 Å². The summed E-state index contributed by atoms with van der Waals surface area (Å²) in [5.41, 5.74) is 0. The Morgan fingerprint density at radius 2 is 1.22 bits per heavy atom. The van der Waals surface area contributed by atoms with Crippen LogP contribution in [-0.4, -0.2) is 18.2 Å². The van der Waals surface area contributed by atoms with Gasteiger partial charge in [0.05, 0.1) is 5.92 Å². The molecule has 0 aromatic carbocycles. The van der Waals surface area contributed by atoms with Crippen molar-refractivity contribution in [3.63, 3.8) is 0 Å². The van der Waals surface area contributed by atoms with Gasteiger partial charge in [0.15, 0.2) is 0 Å². The van der Waals surface area contributed by atoms with Crippen LogP contribution >= 0.6 is 0 Å². The molecule has 0 saturated carbocycles. The lowest BCUT2D eigenvalue weighted by atomic mass is 10.2. The van der Waals surface area contributed by atoms with Gasteiger partial charge >= 0.3 is 11.9 Å². The first-order chi connectivity index (χ1) is 13.0. The maximum Gasteiger partial charge on any atom is 0.311 e. The van der Waals surface area contributed by atoms with E-state index in [-0.39, 0.29) is 24.3 Å². The van der Waals surface area contributed by atoms with E-state index in [1.165, 1.54) is 6.92 Å². The minimum Gasteiger partial charge on any atom is -0.425 e. The van der Waals surface area contributed by atoms with Crippen molar-refractivity contribution in [1.29, 1.82) is 0 Å². The molecule has 1 unspecified atom stereocenters. The second-order valence-electron chi connectivity index (χ2n) is 5.99. The Kier molecular flexibility index (Phi) is 15.2. The highest BCUT2D eigenvalue weighted by atomic mass is 16.7. The first kappa shape index (κ1) is 24.4. The number of carbonyl (C=O) groups is 2. The summed E-state index contributed by atoms with van der Waals surface area (Å²) in [6, 6.07) is 0. The lowest BCUT2D eigenvalue weighted by Crippen LogP contribution is -2.24. The van der Waals surface area contributed by atoms with Crippen LogP contribution in [0.4, 0.5) is 0 Å². The van der Waals surface area contributed by atoms with Crippen molar-refractivity contribution in [2.45, 2.75) is 53.2 Å². The van der Waals surface area contributed by atoms with Gasteiger partial charge in [-0.2, -0.15) is 0 Å². The molecule has 4 nitrogen and oxygen atoms in total. The summed E-state index contributed by atoms with van der Waals surface area (Å²) in [6.45, 7) is 7.09. The summed E-state index contributed by atoms with van der Waals surface area (Å²) in [6.07, 6.45) is 24.4. The molecule has 0 rings (SSSR count). The van der Waals surface area contributed by atoms with Crippen LogP contribution in [0.15, 0.2) is 72.9 Å². The van der Waals surface area contributed by atoms with Gasteiger partial charge in [-0.05, 0) is 12.8 Å². The van der Waals surface area contributed by atoms with Gasteiger partial charge in [-0.3, -0.25) is 9.59 Å². The minimum atomic E-state index is -0.855. The van der Waals surface area contributed by atoms with Crippen molar-refractivity contribution in [2.75, 3.05) is 0 Å². The van der Waals surface area contributed by atoms with Crippen LogP contribution in [0.2, 0.25) is 0 Å². The molecule has 1 atom stereocenters. The van der Waals surface area contributed by atoms with Crippen molar-refractivity contribution in [1.82, 2.24) is 0 Å². The molecule has 4 heteroatoms. The molecular weight excluding hydrogens is 340 g/mol. The van der Waals surface area contributed by atoms with E-state index < -0.39 is 6.29 Å². The quantitative estimate of drug-likeness (QED) is 0.254. The summed E-state index contributed by atoms with van der Waals surface area (Å²) >= 11 is 0. The molecule has 0 saturated heterocycles. The fourth-order valence-corrected chi connectivity index (χ4v) is 1.67. The molecule has 27 heavy (non-hydrogen) atoms. The third-order valence-electron chi connectivity index (χ3n) is 3.07. The number of carbonyl (C=O) groups excluding carboxylic acids is 2. The summed E-state index contributed by atoms with van der Waals surface area (Å²) in [5.74, 6) is -1.02. The van der Waals surface area contributed by atoms with Crippen molar-refractivity contribution in [3.8, 4) is 0 Å². The van der Waals surface area contributed by atoms with Gasteiger partial charge in [-0.1, -0.05) is 93.7 Å². The molecular formula is C23H32O4. The molecule has 0 aromatic rings. The Hall–Kier alpha value is -2.62. The van der Waals surface area contributed by atoms with Gasteiger partial charge in [0.1, 0.15) is 0 Å². The molecule has 0 aliphatic carbocycles. The van der Waals surface area contributed by atoms with E-state index in [1.54, 1.807) is 13.8 Å².